The van der Waals surface area contributed by atoms with Gasteiger partial charge in [0.2, 0.25) is 10.0 Å². The zero-order chi connectivity index (χ0) is 23.8. The zero-order valence-electron chi connectivity index (χ0n) is 16.9. The molecule has 1 aliphatic rings. The maximum atomic E-state index is 12.8. The van der Waals surface area contributed by atoms with Gasteiger partial charge in [-0.25, -0.2) is 8.42 Å². The maximum absolute atomic E-state index is 12.8. The quantitative estimate of drug-likeness (QED) is 0.472. The lowest BCUT2D eigenvalue weighted by atomic mass is 9.85. The van der Waals surface area contributed by atoms with Crippen molar-refractivity contribution in [3.05, 3.63) is 63.1 Å². The molecule has 0 radical (unpaired) electrons. The Morgan fingerprint density at radius 3 is 2.41 bits per heavy atom. The van der Waals surface area contributed by atoms with Gasteiger partial charge in [-0.2, -0.15) is 4.31 Å². The van der Waals surface area contributed by atoms with Crippen molar-refractivity contribution in [3.8, 4) is 0 Å². The fourth-order valence-electron chi connectivity index (χ4n) is 3.72. The van der Waals surface area contributed by atoms with Crippen LogP contribution in [-0.4, -0.2) is 64.9 Å². The van der Waals surface area contributed by atoms with Crippen molar-refractivity contribution in [3.63, 3.8) is 0 Å². The SMILES string of the molecule is CN1Cc2c(Cl)cc(Cl)cc2C(c2ccc(S(=O)(=O)N(CC(=O)O)CP(=O)(O)O)cc2)C1. The monoisotopic (exact) mass is 522 g/mol. The van der Waals surface area contributed by atoms with Crippen molar-refractivity contribution in [1.29, 1.82) is 0 Å². The number of rotatable bonds is 7. The summed E-state index contributed by atoms with van der Waals surface area (Å²) < 4.78 is 37.3. The Morgan fingerprint density at radius 1 is 1.22 bits per heavy atom. The molecule has 0 saturated carbocycles. The van der Waals surface area contributed by atoms with Crippen molar-refractivity contribution in [1.82, 2.24) is 9.21 Å². The van der Waals surface area contributed by atoms with Crippen molar-refractivity contribution >= 4 is 46.8 Å². The van der Waals surface area contributed by atoms with Crippen molar-refractivity contribution in [2.24, 2.45) is 0 Å². The molecule has 0 amide bonds. The number of sulfonamides is 1. The highest BCUT2D eigenvalue weighted by atomic mass is 35.5. The van der Waals surface area contributed by atoms with Crippen molar-refractivity contribution in [2.75, 3.05) is 26.4 Å². The van der Waals surface area contributed by atoms with E-state index in [0.717, 1.165) is 16.7 Å². The minimum Gasteiger partial charge on any atom is -0.480 e. The van der Waals surface area contributed by atoms with Crippen LogP contribution in [0, 0.1) is 0 Å². The molecule has 2 aromatic carbocycles. The van der Waals surface area contributed by atoms with Gasteiger partial charge in [0.1, 0.15) is 12.8 Å². The summed E-state index contributed by atoms with van der Waals surface area (Å²) in [5.74, 6) is -1.67. The normalized spacial score (nSPS) is 17.4. The predicted molar refractivity (Wildman–Crippen MR) is 120 cm³/mol. The van der Waals surface area contributed by atoms with Gasteiger partial charge in [0.05, 0.1) is 4.90 Å². The lowest BCUT2D eigenvalue weighted by molar-refractivity contribution is -0.137. The summed E-state index contributed by atoms with van der Waals surface area (Å²) in [6.45, 7) is 0.201. The first-order valence-corrected chi connectivity index (χ1v) is 13.3. The maximum Gasteiger partial charge on any atom is 0.340 e. The van der Waals surface area contributed by atoms with Crippen molar-refractivity contribution in [2.45, 2.75) is 17.4 Å². The molecular formula is C19H21Cl2N2O7PS. The molecular weight excluding hydrogens is 502 g/mol. The third-order valence-electron chi connectivity index (χ3n) is 5.07. The first-order valence-electron chi connectivity index (χ1n) is 9.31. The summed E-state index contributed by atoms with van der Waals surface area (Å²) >= 11 is 12.6. The molecule has 1 unspecified atom stereocenters. The van der Waals surface area contributed by atoms with Gasteiger partial charge in [-0.1, -0.05) is 35.3 Å². The number of fused-ring (bicyclic) bond motifs is 1. The van der Waals surface area contributed by atoms with E-state index in [9.17, 15) is 27.6 Å². The Labute approximate surface area is 195 Å². The topological polar surface area (TPSA) is 135 Å². The molecule has 32 heavy (non-hydrogen) atoms. The van der Waals surface area contributed by atoms with Crippen LogP contribution >= 0.6 is 30.8 Å². The van der Waals surface area contributed by atoms with Crippen LogP contribution in [0.3, 0.4) is 0 Å². The van der Waals surface area contributed by atoms with E-state index < -0.39 is 36.4 Å². The van der Waals surface area contributed by atoms with E-state index in [1.807, 2.05) is 13.1 Å². The summed E-state index contributed by atoms with van der Waals surface area (Å²) in [6, 6.07) is 9.27. The van der Waals surface area contributed by atoms with E-state index in [0.29, 0.717) is 23.1 Å². The largest absolute Gasteiger partial charge is 0.480 e. The van der Waals surface area contributed by atoms with Crippen LogP contribution in [0.4, 0.5) is 0 Å². The highest BCUT2D eigenvalue weighted by Gasteiger charge is 2.33. The van der Waals surface area contributed by atoms with E-state index in [4.69, 9.17) is 28.3 Å². The fourth-order valence-corrected chi connectivity index (χ4v) is 6.92. The molecule has 1 heterocycles. The Hall–Kier alpha value is -1.49. The van der Waals surface area contributed by atoms with Gasteiger partial charge in [-0.3, -0.25) is 9.36 Å². The van der Waals surface area contributed by atoms with E-state index in [2.05, 4.69) is 4.90 Å². The van der Waals surface area contributed by atoms with Crippen LogP contribution in [0.25, 0.3) is 0 Å². The lowest BCUT2D eigenvalue weighted by Crippen LogP contribution is -2.36. The average molecular weight is 523 g/mol. The lowest BCUT2D eigenvalue weighted by Gasteiger charge is -2.33. The molecule has 0 saturated heterocycles. The van der Waals surface area contributed by atoms with Gasteiger partial charge in [0.25, 0.3) is 0 Å². The number of nitrogens with zero attached hydrogens (tertiary/aromatic N) is 2. The molecule has 3 rings (SSSR count). The first-order chi connectivity index (χ1) is 14.8. The number of hydrogen-bond donors (Lipinski definition) is 3. The molecule has 0 fully saturated rings. The van der Waals surface area contributed by atoms with Gasteiger partial charge in [0.15, 0.2) is 0 Å². The Kier molecular flexibility index (Phi) is 7.39. The molecule has 0 aromatic heterocycles. The van der Waals surface area contributed by atoms with Crippen LogP contribution in [0.5, 0.6) is 0 Å². The summed E-state index contributed by atoms with van der Waals surface area (Å²) in [5, 5.41) is 10.0. The number of carboxylic acid groups (broad SMARTS) is 1. The van der Waals surface area contributed by atoms with E-state index in [1.54, 1.807) is 18.2 Å². The third kappa shape index (κ3) is 5.70. The Bertz CT molecular complexity index is 1180. The van der Waals surface area contributed by atoms with Crippen LogP contribution in [0.1, 0.15) is 22.6 Å². The van der Waals surface area contributed by atoms with Crippen LogP contribution in [0.2, 0.25) is 10.0 Å². The van der Waals surface area contributed by atoms with E-state index >= 15 is 0 Å². The molecule has 0 spiro atoms. The highest BCUT2D eigenvalue weighted by molar-refractivity contribution is 7.89. The second-order valence-electron chi connectivity index (χ2n) is 7.59. The summed E-state index contributed by atoms with van der Waals surface area (Å²) in [6.07, 6.45) is -1.23. The van der Waals surface area contributed by atoms with Gasteiger partial charge < -0.3 is 19.8 Å². The van der Waals surface area contributed by atoms with Gasteiger partial charge in [0, 0.05) is 29.1 Å². The number of likely N-dealkylation sites (N-methyl/N-ethyl adjacent to an activating group) is 1. The second kappa shape index (κ2) is 9.40. The molecule has 1 aliphatic heterocycles. The van der Waals surface area contributed by atoms with Crippen molar-refractivity contribution < 1.29 is 32.7 Å². The highest BCUT2D eigenvalue weighted by Crippen LogP contribution is 2.39. The standard InChI is InChI=1S/C19H21Cl2N2O7PS/c1-22-8-16(15-6-13(20)7-18(21)17(15)9-22)12-2-4-14(5-3-12)32(29,30)23(10-19(24)25)11-31(26,27)28/h2-7,16H,8-11H2,1H3,(H,24,25)(H2,26,27,28). The molecule has 13 heteroatoms. The molecule has 0 aliphatic carbocycles. The fraction of sp³-hybridized carbons (Fsp3) is 0.316. The minimum atomic E-state index is -4.83. The molecule has 9 nitrogen and oxygen atoms in total. The van der Waals surface area contributed by atoms with E-state index in [1.165, 1.54) is 12.1 Å². The van der Waals surface area contributed by atoms with Gasteiger partial charge in [-0.05, 0) is 48.0 Å². The predicted octanol–water partition coefficient (Wildman–Crippen LogP) is 2.78. The molecule has 174 valence electrons. The molecule has 2 aromatic rings. The average Bonchev–Trinajstić information content (AvgIpc) is 2.66. The van der Waals surface area contributed by atoms with Gasteiger partial charge in [-0.15, -0.1) is 0 Å². The van der Waals surface area contributed by atoms with Crippen LogP contribution < -0.4 is 0 Å². The Morgan fingerprint density at radius 2 is 1.84 bits per heavy atom. The third-order valence-corrected chi connectivity index (χ3v) is 8.33. The summed E-state index contributed by atoms with van der Waals surface area (Å²) in [4.78, 5) is 31.2. The smallest absolute Gasteiger partial charge is 0.340 e. The number of benzene rings is 2. The first kappa shape index (κ1) is 25.1. The van der Waals surface area contributed by atoms with Crippen LogP contribution in [-0.2, 0) is 25.9 Å². The summed E-state index contributed by atoms with van der Waals surface area (Å²) in [5.41, 5.74) is 2.65. The molecule has 3 N–H and O–H groups in total. The Balaban J connectivity index is 1.97. The number of carboxylic acids is 1. The molecule has 0 bridgehead atoms. The van der Waals surface area contributed by atoms with Gasteiger partial charge >= 0.3 is 13.6 Å². The van der Waals surface area contributed by atoms with Crippen LogP contribution in [0.15, 0.2) is 41.3 Å². The summed E-state index contributed by atoms with van der Waals surface area (Å²) in [7, 11) is -7.34. The molecule has 1 atom stereocenters. The minimum absolute atomic E-state index is 0.137. The number of hydrogen-bond acceptors (Lipinski definition) is 5. The number of carbonyl (C=O) groups is 1. The number of aliphatic carboxylic acids is 1. The van der Waals surface area contributed by atoms with E-state index in [-0.39, 0.29) is 15.1 Å². The second-order valence-corrected chi connectivity index (χ2v) is 12.0. The number of halogens is 2. The zero-order valence-corrected chi connectivity index (χ0v) is 20.1.